The van der Waals surface area contributed by atoms with Gasteiger partial charge in [0.05, 0.1) is 6.61 Å². The lowest BCUT2D eigenvalue weighted by Gasteiger charge is -2.24. The minimum absolute atomic E-state index is 0.0207. The van der Waals surface area contributed by atoms with Crippen LogP contribution < -0.4 is 0 Å². The van der Waals surface area contributed by atoms with Gasteiger partial charge in [-0.25, -0.2) is 9.59 Å². The van der Waals surface area contributed by atoms with Gasteiger partial charge in [-0.05, 0) is 36.3 Å². The molecule has 1 saturated heterocycles. The maximum atomic E-state index is 12.3. The van der Waals surface area contributed by atoms with Crippen LogP contribution in [-0.4, -0.2) is 41.0 Å². The van der Waals surface area contributed by atoms with Gasteiger partial charge in [0.25, 0.3) is 0 Å². The first-order valence-corrected chi connectivity index (χ1v) is 9.67. The van der Waals surface area contributed by atoms with Gasteiger partial charge in [-0.2, -0.15) is 0 Å². The lowest BCUT2D eigenvalue weighted by molar-refractivity contribution is -0.154. The Kier molecular flexibility index (Phi) is 7.24. The number of carbonyl (C=O) groups is 2. The molecule has 1 aliphatic rings. The Labute approximate surface area is 166 Å². The van der Waals surface area contributed by atoms with Crippen molar-refractivity contribution >= 4 is 11.9 Å². The number of aromatic hydroxyl groups is 1. The van der Waals surface area contributed by atoms with E-state index in [0.717, 1.165) is 6.42 Å². The molecule has 1 aromatic carbocycles. The highest BCUT2D eigenvalue weighted by molar-refractivity contribution is 5.93. The standard InChI is InChI=1S/C22H30O6/c1-14(2)17(15(3)4)10-9-16-11-22(12-23,28-20(16)25)13-27-21(26)18-7-5-6-8-19(18)24/h5-9,14-15,17,23-24H,10-13H2,1-4H3/b16-9+. The fourth-order valence-electron chi connectivity index (χ4n) is 3.60. The zero-order chi connectivity index (χ0) is 20.9. The number of allylic oxidation sites excluding steroid dienone is 1. The lowest BCUT2D eigenvalue weighted by Crippen LogP contribution is -2.39. The van der Waals surface area contributed by atoms with E-state index in [1.54, 1.807) is 12.1 Å². The van der Waals surface area contributed by atoms with Gasteiger partial charge in [-0.3, -0.25) is 0 Å². The summed E-state index contributed by atoms with van der Waals surface area (Å²) >= 11 is 0. The summed E-state index contributed by atoms with van der Waals surface area (Å²) in [6, 6.07) is 6.02. The summed E-state index contributed by atoms with van der Waals surface area (Å²) in [6.07, 6.45) is 2.81. The van der Waals surface area contributed by atoms with Crippen LogP contribution in [0.4, 0.5) is 0 Å². The molecular weight excluding hydrogens is 360 g/mol. The van der Waals surface area contributed by atoms with E-state index >= 15 is 0 Å². The zero-order valence-corrected chi connectivity index (χ0v) is 17.0. The first-order chi connectivity index (χ1) is 13.2. The number of carbonyl (C=O) groups excluding carboxylic acids is 2. The molecule has 1 aromatic rings. The predicted molar refractivity (Wildman–Crippen MR) is 105 cm³/mol. The summed E-state index contributed by atoms with van der Waals surface area (Å²) in [7, 11) is 0. The topological polar surface area (TPSA) is 93.1 Å². The van der Waals surface area contributed by atoms with Crippen LogP contribution in [0.5, 0.6) is 5.75 Å². The molecule has 1 atom stereocenters. The number of phenols is 1. The molecule has 28 heavy (non-hydrogen) atoms. The third-order valence-electron chi connectivity index (χ3n) is 5.31. The number of esters is 2. The molecule has 0 aromatic heterocycles. The fourth-order valence-corrected chi connectivity index (χ4v) is 3.60. The highest BCUT2D eigenvalue weighted by Gasteiger charge is 2.44. The van der Waals surface area contributed by atoms with Gasteiger partial charge in [-0.15, -0.1) is 0 Å². The lowest BCUT2D eigenvalue weighted by atomic mass is 9.82. The Morgan fingerprint density at radius 2 is 1.89 bits per heavy atom. The predicted octanol–water partition coefficient (Wildman–Crippen LogP) is 3.47. The SMILES string of the molecule is CC(C)C(C/C=C1\CC(CO)(COC(=O)c2ccccc2O)OC1=O)C(C)C. The van der Waals surface area contributed by atoms with Crippen LogP contribution in [0.25, 0.3) is 0 Å². The summed E-state index contributed by atoms with van der Waals surface area (Å²) in [5.41, 5.74) is -0.764. The molecule has 1 fully saturated rings. The normalized spacial score (nSPS) is 21.0. The minimum atomic E-state index is -1.28. The highest BCUT2D eigenvalue weighted by atomic mass is 16.6. The Morgan fingerprint density at radius 3 is 2.46 bits per heavy atom. The molecule has 0 saturated carbocycles. The second kappa shape index (κ2) is 9.24. The summed E-state index contributed by atoms with van der Waals surface area (Å²) in [6.45, 7) is 7.90. The van der Waals surface area contributed by atoms with E-state index in [1.165, 1.54) is 12.1 Å². The minimum Gasteiger partial charge on any atom is -0.507 e. The summed E-state index contributed by atoms with van der Waals surface area (Å²) in [5.74, 6) is -0.0166. The fraction of sp³-hybridized carbons (Fsp3) is 0.545. The van der Waals surface area contributed by atoms with Crippen LogP contribution >= 0.6 is 0 Å². The van der Waals surface area contributed by atoms with Crippen molar-refractivity contribution in [3.63, 3.8) is 0 Å². The molecule has 2 rings (SSSR count). The number of ether oxygens (including phenoxy) is 2. The van der Waals surface area contributed by atoms with Crippen LogP contribution in [0, 0.1) is 17.8 Å². The van der Waals surface area contributed by atoms with E-state index in [-0.39, 0.29) is 24.3 Å². The Hall–Kier alpha value is -2.34. The van der Waals surface area contributed by atoms with Gasteiger partial charge in [0.1, 0.15) is 17.9 Å². The van der Waals surface area contributed by atoms with Crippen LogP contribution in [0.3, 0.4) is 0 Å². The van der Waals surface area contributed by atoms with Crippen molar-refractivity contribution < 1.29 is 29.3 Å². The molecule has 0 radical (unpaired) electrons. The number of rotatable bonds is 8. The van der Waals surface area contributed by atoms with E-state index in [0.29, 0.717) is 23.3 Å². The quantitative estimate of drug-likeness (QED) is 0.521. The molecule has 2 N–H and O–H groups in total. The van der Waals surface area contributed by atoms with Crippen molar-refractivity contribution in [3.8, 4) is 5.75 Å². The van der Waals surface area contributed by atoms with Gasteiger partial charge in [0, 0.05) is 12.0 Å². The molecule has 1 aliphatic heterocycles. The molecule has 0 spiro atoms. The molecule has 154 valence electrons. The Balaban J connectivity index is 2.06. The maximum absolute atomic E-state index is 12.3. The summed E-state index contributed by atoms with van der Waals surface area (Å²) in [5, 5.41) is 19.5. The average molecular weight is 390 g/mol. The van der Waals surface area contributed by atoms with Crippen molar-refractivity contribution in [2.75, 3.05) is 13.2 Å². The molecular formula is C22H30O6. The number of phenolic OH excluding ortho intramolecular Hbond substituents is 1. The molecule has 6 nitrogen and oxygen atoms in total. The molecule has 0 bridgehead atoms. The molecule has 0 aliphatic carbocycles. The van der Waals surface area contributed by atoms with Crippen molar-refractivity contribution in [2.45, 2.75) is 46.1 Å². The smallest absolute Gasteiger partial charge is 0.342 e. The van der Waals surface area contributed by atoms with E-state index in [9.17, 15) is 19.8 Å². The molecule has 0 amide bonds. The van der Waals surface area contributed by atoms with E-state index in [4.69, 9.17) is 9.47 Å². The van der Waals surface area contributed by atoms with Crippen LogP contribution in [0.15, 0.2) is 35.9 Å². The Morgan fingerprint density at radius 1 is 1.25 bits per heavy atom. The number of hydrogen-bond acceptors (Lipinski definition) is 6. The van der Waals surface area contributed by atoms with Crippen LogP contribution in [0.1, 0.15) is 50.9 Å². The number of aliphatic hydroxyl groups excluding tert-OH is 1. The van der Waals surface area contributed by atoms with Crippen molar-refractivity contribution in [3.05, 3.63) is 41.5 Å². The van der Waals surface area contributed by atoms with Gasteiger partial charge in [0.15, 0.2) is 5.60 Å². The first kappa shape index (κ1) is 22.0. The van der Waals surface area contributed by atoms with Gasteiger partial charge in [-0.1, -0.05) is 45.9 Å². The second-order valence-corrected chi connectivity index (χ2v) is 8.12. The van der Waals surface area contributed by atoms with E-state index < -0.39 is 24.1 Å². The molecule has 1 unspecified atom stereocenters. The van der Waals surface area contributed by atoms with Crippen LogP contribution in [0.2, 0.25) is 0 Å². The average Bonchev–Trinajstić information content (AvgIpc) is 2.96. The molecule has 6 heteroatoms. The summed E-state index contributed by atoms with van der Waals surface area (Å²) < 4.78 is 10.6. The summed E-state index contributed by atoms with van der Waals surface area (Å²) in [4.78, 5) is 24.5. The monoisotopic (exact) mass is 390 g/mol. The number of hydrogen-bond donors (Lipinski definition) is 2. The third kappa shape index (κ3) is 5.13. The van der Waals surface area contributed by atoms with E-state index in [2.05, 4.69) is 27.7 Å². The van der Waals surface area contributed by atoms with Crippen molar-refractivity contribution in [2.24, 2.45) is 17.8 Å². The van der Waals surface area contributed by atoms with Gasteiger partial charge >= 0.3 is 11.9 Å². The van der Waals surface area contributed by atoms with E-state index in [1.807, 2.05) is 6.08 Å². The molecule has 1 heterocycles. The van der Waals surface area contributed by atoms with Gasteiger partial charge < -0.3 is 19.7 Å². The van der Waals surface area contributed by atoms with Crippen molar-refractivity contribution in [1.29, 1.82) is 0 Å². The Bertz CT molecular complexity index is 728. The number of aliphatic hydroxyl groups is 1. The highest BCUT2D eigenvalue weighted by Crippen LogP contribution is 2.33. The number of cyclic esters (lactones) is 1. The van der Waals surface area contributed by atoms with Crippen LogP contribution in [-0.2, 0) is 14.3 Å². The maximum Gasteiger partial charge on any atom is 0.342 e. The first-order valence-electron chi connectivity index (χ1n) is 9.67. The van der Waals surface area contributed by atoms with Crippen molar-refractivity contribution in [1.82, 2.24) is 0 Å². The second-order valence-electron chi connectivity index (χ2n) is 8.12. The number of benzene rings is 1. The van der Waals surface area contributed by atoms with Gasteiger partial charge in [0.2, 0.25) is 0 Å². The number of para-hydroxylation sites is 1. The zero-order valence-electron chi connectivity index (χ0n) is 17.0. The largest absolute Gasteiger partial charge is 0.507 e. The third-order valence-corrected chi connectivity index (χ3v) is 5.31.